The van der Waals surface area contributed by atoms with Gasteiger partial charge < -0.3 is 10.1 Å². The molecule has 25 heavy (non-hydrogen) atoms. The van der Waals surface area contributed by atoms with Crippen molar-refractivity contribution in [2.75, 3.05) is 11.9 Å². The molecule has 3 aromatic carbocycles. The Kier molecular flexibility index (Phi) is 5.47. The molecule has 0 bridgehead atoms. The summed E-state index contributed by atoms with van der Waals surface area (Å²) in [6, 6.07) is 25.2. The number of ether oxygens (including phenoxy) is 1. The largest absolute Gasteiger partial charge is 0.493 e. The minimum Gasteiger partial charge on any atom is -0.493 e. The quantitative estimate of drug-likeness (QED) is 0.700. The van der Waals surface area contributed by atoms with E-state index in [2.05, 4.69) is 17.4 Å². The van der Waals surface area contributed by atoms with E-state index in [1.54, 1.807) is 0 Å². The first-order chi connectivity index (χ1) is 12.2. The third-order valence-electron chi connectivity index (χ3n) is 3.87. The second kappa shape index (κ2) is 8.15. The van der Waals surface area contributed by atoms with Gasteiger partial charge in [-0.2, -0.15) is 0 Å². The van der Waals surface area contributed by atoms with Crippen LogP contribution in [0.4, 0.5) is 5.69 Å². The Morgan fingerprint density at radius 1 is 0.920 bits per heavy atom. The lowest BCUT2D eigenvalue weighted by molar-refractivity contribution is 0.102. The molecule has 0 fully saturated rings. The van der Waals surface area contributed by atoms with Crippen LogP contribution in [-0.4, -0.2) is 12.5 Å². The number of rotatable bonds is 6. The highest BCUT2D eigenvalue weighted by Crippen LogP contribution is 2.18. The first-order valence-electron chi connectivity index (χ1n) is 8.35. The monoisotopic (exact) mass is 331 g/mol. The second-order valence-electron chi connectivity index (χ2n) is 5.94. The van der Waals surface area contributed by atoms with Crippen molar-refractivity contribution in [3.05, 3.63) is 95.6 Å². The van der Waals surface area contributed by atoms with Crippen LogP contribution in [0.2, 0.25) is 0 Å². The molecule has 0 atom stereocenters. The molecule has 0 unspecified atom stereocenters. The number of hydrogen-bond donors (Lipinski definition) is 1. The zero-order valence-electron chi connectivity index (χ0n) is 14.2. The highest BCUT2D eigenvalue weighted by molar-refractivity contribution is 6.04. The Bertz CT molecular complexity index is 843. The second-order valence-corrected chi connectivity index (χ2v) is 5.94. The van der Waals surface area contributed by atoms with E-state index in [-0.39, 0.29) is 5.91 Å². The van der Waals surface area contributed by atoms with E-state index in [0.29, 0.717) is 12.2 Å². The van der Waals surface area contributed by atoms with Gasteiger partial charge in [0.1, 0.15) is 5.75 Å². The minimum absolute atomic E-state index is 0.120. The minimum atomic E-state index is -0.120. The fraction of sp³-hybridized carbons (Fsp3) is 0.136. The number of aryl methyl sites for hydroxylation is 1. The third kappa shape index (κ3) is 4.95. The number of amides is 1. The van der Waals surface area contributed by atoms with E-state index in [9.17, 15) is 4.79 Å². The van der Waals surface area contributed by atoms with Gasteiger partial charge in [0.25, 0.3) is 5.91 Å². The third-order valence-corrected chi connectivity index (χ3v) is 3.87. The summed E-state index contributed by atoms with van der Waals surface area (Å²) in [5.41, 5.74) is 3.68. The lowest BCUT2D eigenvalue weighted by Crippen LogP contribution is -2.12. The van der Waals surface area contributed by atoms with Gasteiger partial charge in [-0.1, -0.05) is 54.1 Å². The van der Waals surface area contributed by atoms with E-state index >= 15 is 0 Å². The zero-order chi connectivity index (χ0) is 17.5. The van der Waals surface area contributed by atoms with Gasteiger partial charge in [-0.3, -0.25) is 4.79 Å². The van der Waals surface area contributed by atoms with Gasteiger partial charge in [0, 0.05) is 23.7 Å². The number of carbonyl (C=O) groups is 1. The molecule has 0 aliphatic rings. The molecule has 0 spiro atoms. The fourth-order valence-corrected chi connectivity index (χ4v) is 2.58. The first-order valence-corrected chi connectivity index (χ1v) is 8.35. The first kappa shape index (κ1) is 16.8. The molecule has 3 nitrogen and oxygen atoms in total. The summed E-state index contributed by atoms with van der Waals surface area (Å²) in [5.74, 6) is 0.628. The van der Waals surface area contributed by atoms with Crippen molar-refractivity contribution >= 4 is 11.6 Å². The van der Waals surface area contributed by atoms with Gasteiger partial charge in [-0.15, -0.1) is 0 Å². The van der Waals surface area contributed by atoms with E-state index in [4.69, 9.17) is 4.74 Å². The normalized spacial score (nSPS) is 10.3. The van der Waals surface area contributed by atoms with Crippen LogP contribution in [-0.2, 0) is 6.42 Å². The van der Waals surface area contributed by atoms with Gasteiger partial charge in [0.15, 0.2) is 0 Å². The number of hydrogen-bond acceptors (Lipinski definition) is 2. The van der Waals surface area contributed by atoms with Crippen molar-refractivity contribution in [1.82, 2.24) is 0 Å². The standard InChI is InChI=1S/C22H21NO2/c1-17-7-5-10-19(15-17)22(24)23-20-11-6-12-21(16-20)25-14-13-18-8-3-2-4-9-18/h2-12,15-16H,13-14H2,1H3,(H,23,24). The van der Waals surface area contributed by atoms with E-state index < -0.39 is 0 Å². The summed E-state index contributed by atoms with van der Waals surface area (Å²) in [7, 11) is 0. The molecule has 126 valence electrons. The summed E-state index contributed by atoms with van der Waals surface area (Å²) in [6.45, 7) is 2.57. The van der Waals surface area contributed by atoms with Crippen molar-refractivity contribution in [3.63, 3.8) is 0 Å². The molecule has 0 saturated heterocycles. The van der Waals surface area contributed by atoms with Gasteiger partial charge in [-0.25, -0.2) is 0 Å². The van der Waals surface area contributed by atoms with Crippen LogP contribution >= 0.6 is 0 Å². The maximum absolute atomic E-state index is 12.3. The maximum Gasteiger partial charge on any atom is 0.255 e. The molecule has 3 aromatic rings. The predicted molar refractivity (Wildman–Crippen MR) is 101 cm³/mol. The molecule has 0 aromatic heterocycles. The molecule has 0 heterocycles. The molecule has 1 amide bonds. The van der Waals surface area contributed by atoms with Gasteiger partial charge in [-0.05, 0) is 36.8 Å². The Morgan fingerprint density at radius 3 is 2.52 bits per heavy atom. The average Bonchev–Trinajstić information content (AvgIpc) is 2.63. The molecule has 1 N–H and O–H groups in total. The number of benzene rings is 3. The van der Waals surface area contributed by atoms with Gasteiger partial charge >= 0.3 is 0 Å². The van der Waals surface area contributed by atoms with Crippen LogP contribution in [0.5, 0.6) is 5.75 Å². The Balaban J connectivity index is 1.58. The number of nitrogens with one attached hydrogen (secondary N) is 1. The Morgan fingerprint density at radius 2 is 1.72 bits per heavy atom. The summed E-state index contributed by atoms with van der Waals surface area (Å²) >= 11 is 0. The van der Waals surface area contributed by atoms with Crippen LogP contribution in [0.1, 0.15) is 21.5 Å². The molecule has 3 rings (SSSR count). The van der Waals surface area contributed by atoms with E-state index in [0.717, 1.165) is 23.4 Å². The maximum atomic E-state index is 12.3. The molecule has 0 aliphatic heterocycles. The topological polar surface area (TPSA) is 38.3 Å². The fourth-order valence-electron chi connectivity index (χ4n) is 2.58. The predicted octanol–water partition coefficient (Wildman–Crippen LogP) is 4.87. The zero-order valence-corrected chi connectivity index (χ0v) is 14.2. The van der Waals surface area contributed by atoms with Crippen LogP contribution in [0, 0.1) is 6.92 Å². The van der Waals surface area contributed by atoms with Crippen molar-refractivity contribution in [3.8, 4) is 5.75 Å². The van der Waals surface area contributed by atoms with Crippen LogP contribution in [0.3, 0.4) is 0 Å². The lowest BCUT2D eigenvalue weighted by atomic mass is 10.1. The van der Waals surface area contributed by atoms with Crippen molar-refractivity contribution in [1.29, 1.82) is 0 Å². The Labute approximate surface area is 148 Å². The molecule has 3 heteroatoms. The van der Waals surface area contributed by atoms with Crippen LogP contribution in [0.25, 0.3) is 0 Å². The van der Waals surface area contributed by atoms with E-state index in [1.165, 1.54) is 5.56 Å². The van der Waals surface area contributed by atoms with Crippen LogP contribution < -0.4 is 10.1 Å². The highest BCUT2D eigenvalue weighted by Gasteiger charge is 2.06. The highest BCUT2D eigenvalue weighted by atomic mass is 16.5. The summed E-state index contributed by atoms with van der Waals surface area (Å²) in [4.78, 5) is 12.3. The Hall–Kier alpha value is -3.07. The molecule has 0 aliphatic carbocycles. The summed E-state index contributed by atoms with van der Waals surface area (Å²) in [6.07, 6.45) is 0.848. The smallest absolute Gasteiger partial charge is 0.255 e. The lowest BCUT2D eigenvalue weighted by Gasteiger charge is -2.10. The van der Waals surface area contributed by atoms with Crippen molar-refractivity contribution in [2.45, 2.75) is 13.3 Å². The van der Waals surface area contributed by atoms with Gasteiger partial charge in [0.2, 0.25) is 0 Å². The number of carbonyl (C=O) groups excluding carboxylic acids is 1. The number of anilines is 1. The molecular formula is C22H21NO2. The molecule has 0 saturated carbocycles. The molecule has 0 radical (unpaired) electrons. The summed E-state index contributed by atoms with van der Waals surface area (Å²) < 4.78 is 5.81. The van der Waals surface area contributed by atoms with Crippen LogP contribution in [0.15, 0.2) is 78.9 Å². The van der Waals surface area contributed by atoms with Gasteiger partial charge in [0.05, 0.1) is 6.61 Å². The summed E-state index contributed by atoms with van der Waals surface area (Å²) in [5, 5.41) is 2.91. The average molecular weight is 331 g/mol. The van der Waals surface area contributed by atoms with E-state index in [1.807, 2.05) is 73.7 Å². The van der Waals surface area contributed by atoms with Crippen molar-refractivity contribution in [2.24, 2.45) is 0 Å². The van der Waals surface area contributed by atoms with Crippen molar-refractivity contribution < 1.29 is 9.53 Å². The SMILES string of the molecule is Cc1cccc(C(=O)Nc2cccc(OCCc3ccccc3)c2)c1. The molecular weight excluding hydrogens is 310 g/mol.